The van der Waals surface area contributed by atoms with Gasteiger partial charge in [0.1, 0.15) is 0 Å². The maximum Gasteiger partial charge on any atom is 0.164 e. The number of rotatable bonds is 5. The molecule has 4 nitrogen and oxygen atoms in total. The first-order chi connectivity index (χ1) is 27.0. The predicted octanol–water partition coefficient (Wildman–Crippen LogP) is 13.5. The van der Waals surface area contributed by atoms with Crippen LogP contribution < -0.4 is 0 Å². The lowest BCUT2D eigenvalue weighted by atomic mass is 9.86. The average Bonchev–Trinajstić information content (AvgIpc) is 3.55. The van der Waals surface area contributed by atoms with Gasteiger partial charge in [0.25, 0.3) is 0 Å². The summed E-state index contributed by atoms with van der Waals surface area (Å²) < 4.78 is 0. The van der Waals surface area contributed by atoms with Crippen molar-refractivity contribution in [1.82, 2.24) is 15.0 Å². The van der Waals surface area contributed by atoms with Gasteiger partial charge in [-0.15, -0.1) is 0 Å². The third kappa shape index (κ3) is 6.16. The van der Waals surface area contributed by atoms with Crippen molar-refractivity contribution in [2.75, 3.05) is 0 Å². The summed E-state index contributed by atoms with van der Waals surface area (Å²) in [5, 5.41) is 12.0. The molecule has 1 heterocycles. The van der Waals surface area contributed by atoms with Gasteiger partial charge in [-0.2, -0.15) is 5.26 Å². The van der Waals surface area contributed by atoms with Crippen LogP contribution in [0.25, 0.3) is 89.4 Å². The Morgan fingerprint density at radius 1 is 0.357 bits per heavy atom. The van der Waals surface area contributed by atoms with Crippen LogP contribution in [0.15, 0.2) is 146 Å². The average molecular weight is 723 g/mol. The maximum absolute atomic E-state index is 9.51. The van der Waals surface area contributed by atoms with Gasteiger partial charge < -0.3 is 0 Å². The van der Waals surface area contributed by atoms with Crippen molar-refractivity contribution in [3.8, 4) is 84.7 Å². The molecular formula is C52H42N4. The number of hydrogen-bond acceptors (Lipinski definition) is 4. The van der Waals surface area contributed by atoms with Gasteiger partial charge in [0, 0.05) is 16.7 Å². The van der Waals surface area contributed by atoms with E-state index in [0.717, 1.165) is 38.9 Å². The Balaban J connectivity index is 1.17. The molecule has 0 saturated heterocycles. The fourth-order valence-electron chi connectivity index (χ4n) is 7.90. The second-order valence-corrected chi connectivity index (χ2v) is 16.8. The number of nitriles is 1. The number of aromatic nitrogens is 3. The molecule has 0 fully saturated rings. The third-order valence-electron chi connectivity index (χ3n) is 11.1. The summed E-state index contributed by atoms with van der Waals surface area (Å²) in [5.74, 6) is 1.92. The van der Waals surface area contributed by atoms with Crippen LogP contribution in [0.5, 0.6) is 0 Å². The number of nitrogens with zero attached hydrogens (tertiary/aromatic N) is 4. The molecule has 0 N–H and O–H groups in total. The molecule has 0 bridgehead atoms. The van der Waals surface area contributed by atoms with Crippen molar-refractivity contribution in [3.63, 3.8) is 0 Å². The maximum atomic E-state index is 9.51. The first kappa shape index (κ1) is 35.0. The quantitative estimate of drug-likeness (QED) is 0.177. The molecule has 0 unspecified atom stereocenters. The van der Waals surface area contributed by atoms with Crippen molar-refractivity contribution >= 4 is 10.8 Å². The number of benzene rings is 7. The molecule has 0 radical (unpaired) electrons. The van der Waals surface area contributed by atoms with E-state index < -0.39 is 0 Å². The monoisotopic (exact) mass is 722 g/mol. The zero-order valence-electron chi connectivity index (χ0n) is 32.6. The zero-order valence-corrected chi connectivity index (χ0v) is 32.6. The number of hydrogen-bond donors (Lipinski definition) is 0. The van der Waals surface area contributed by atoms with Crippen LogP contribution in [-0.2, 0) is 10.8 Å². The highest BCUT2D eigenvalue weighted by molar-refractivity contribution is 6.22. The van der Waals surface area contributed by atoms with Gasteiger partial charge in [-0.3, -0.25) is 0 Å². The Labute approximate surface area is 329 Å². The zero-order chi connectivity index (χ0) is 38.8. The van der Waals surface area contributed by atoms with Gasteiger partial charge in [-0.05, 0) is 89.4 Å². The van der Waals surface area contributed by atoms with E-state index in [-0.39, 0.29) is 10.8 Å². The Kier molecular flexibility index (Phi) is 8.29. The minimum absolute atomic E-state index is 0.0439. The van der Waals surface area contributed by atoms with E-state index in [1.54, 1.807) is 0 Å². The van der Waals surface area contributed by atoms with E-state index in [1.807, 2.05) is 12.1 Å². The van der Waals surface area contributed by atoms with Crippen LogP contribution in [0.4, 0.5) is 0 Å². The smallest absolute Gasteiger partial charge is 0.164 e. The Bertz CT molecular complexity index is 2720. The highest BCUT2D eigenvalue weighted by atomic mass is 15.0. The lowest BCUT2D eigenvalue weighted by Crippen LogP contribution is -2.10. The summed E-state index contributed by atoms with van der Waals surface area (Å²) in [6.07, 6.45) is 0. The standard InChI is InChI=1S/C52H42N4/c1-51(2,3)38-23-19-36(20-24-38)49-54-48(55-50(56-49)37-21-25-39(26-22-37)52(4,5)6)35-17-15-34(16-18-35)41-28-30-45-43-10-8-7-9-42(43)44-29-27-40(46(41)47(44)45)33-13-11-32(31-53)12-14-33/h7-30H,1-6H3. The van der Waals surface area contributed by atoms with Crippen molar-refractivity contribution in [3.05, 3.63) is 162 Å². The van der Waals surface area contributed by atoms with Crippen molar-refractivity contribution in [2.24, 2.45) is 0 Å². The topological polar surface area (TPSA) is 62.5 Å². The second-order valence-electron chi connectivity index (χ2n) is 16.8. The second kappa shape index (κ2) is 13.3. The summed E-state index contributed by atoms with van der Waals surface area (Å²) >= 11 is 0. The van der Waals surface area contributed by atoms with Crippen molar-refractivity contribution in [1.29, 1.82) is 5.26 Å². The van der Waals surface area contributed by atoms with Crippen LogP contribution in [0.1, 0.15) is 58.2 Å². The van der Waals surface area contributed by atoms with Crippen LogP contribution in [0.2, 0.25) is 0 Å². The largest absolute Gasteiger partial charge is 0.208 e. The molecule has 8 aromatic rings. The molecule has 0 atom stereocenters. The molecule has 9 rings (SSSR count). The molecule has 270 valence electrons. The summed E-state index contributed by atoms with van der Waals surface area (Å²) in [5.41, 5.74) is 15.6. The lowest BCUT2D eigenvalue weighted by molar-refractivity contribution is 0.590. The molecule has 1 aliphatic carbocycles. The molecule has 0 amide bonds. The Hall–Kier alpha value is -6.70. The minimum Gasteiger partial charge on any atom is -0.208 e. The SMILES string of the molecule is CC(C)(C)c1ccc(-c2nc(-c3ccc(-c4ccc5c6c(ccc(-c7ccc(C#N)cc7)c46)-c4ccccc4-5)cc3)nc(-c3ccc(C(C)(C)C)cc3)n2)cc1. The summed E-state index contributed by atoms with van der Waals surface area (Å²) in [4.78, 5) is 15.2. The Morgan fingerprint density at radius 2 is 0.679 bits per heavy atom. The van der Waals surface area contributed by atoms with Crippen LogP contribution in [0, 0.1) is 11.3 Å². The molecule has 0 saturated carbocycles. The first-order valence-electron chi connectivity index (χ1n) is 19.2. The van der Waals surface area contributed by atoms with Gasteiger partial charge in [0.05, 0.1) is 11.6 Å². The van der Waals surface area contributed by atoms with E-state index in [1.165, 1.54) is 44.2 Å². The lowest BCUT2D eigenvalue weighted by Gasteiger charge is -2.19. The highest BCUT2D eigenvalue weighted by Crippen LogP contribution is 2.52. The van der Waals surface area contributed by atoms with E-state index in [4.69, 9.17) is 15.0 Å². The predicted molar refractivity (Wildman–Crippen MR) is 231 cm³/mol. The molecule has 1 aromatic heterocycles. The Morgan fingerprint density at radius 3 is 1.05 bits per heavy atom. The molecule has 0 spiro atoms. The fraction of sp³-hybridized carbons (Fsp3) is 0.154. The summed E-state index contributed by atoms with van der Waals surface area (Å²) in [7, 11) is 0. The fourth-order valence-corrected chi connectivity index (χ4v) is 7.90. The van der Waals surface area contributed by atoms with Gasteiger partial charge in [-0.1, -0.05) is 175 Å². The van der Waals surface area contributed by atoms with Crippen LogP contribution >= 0.6 is 0 Å². The molecular weight excluding hydrogens is 681 g/mol. The van der Waals surface area contributed by atoms with Crippen LogP contribution in [-0.4, -0.2) is 15.0 Å². The molecule has 1 aliphatic rings. The minimum atomic E-state index is 0.0439. The van der Waals surface area contributed by atoms with Gasteiger partial charge in [0.15, 0.2) is 17.5 Å². The highest BCUT2D eigenvalue weighted by Gasteiger charge is 2.25. The van der Waals surface area contributed by atoms with Crippen molar-refractivity contribution in [2.45, 2.75) is 52.4 Å². The van der Waals surface area contributed by atoms with E-state index in [9.17, 15) is 5.26 Å². The molecule has 7 aromatic carbocycles. The van der Waals surface area contributed by atoms with E-state index >= 15 is 0 Å². The van der Waals surface area contributed by atoms with E-state index in [2.05, 4.69) is 181 Å². The molecule has 0 aliphatic heterocycles. The van der Waals surface area contributed by atoms with Gasteiger partial charge in [0.2, 0.25) is 0 Å². The van der Waals surface area contributed by atoms with Crippen LogP contribution in [0.3, 0.4) is 0 Å². The summed E-state index contributed by atoms with van der Waals surface area (Å²) in [6, 6.07) is 53.7. The normalized spacial score (nSPS) is 12.1. The first-order valence-corrected chi connectivity index (χ1v) is 19.2. The molecule has 4 heteroatoms. The number of fused-ring (bicyclic) bond motifs is 3. The van der Waals surface area contributed by atoms with Crippen molar-refractivity contribution < 1.29 is 0 Å². The van der Waals surface area contributed by atoms with E-state index in [0.29, 0.717) is 23.0 Å². The van der Waals surface area contributed by atoms with Gasteiger partial charge >= 0.3 is 0 Å². The summed E-state index contributed by atoms with van der Waals surface area (Å²) in [6.45, 7) is 13.3. The van der Waals surface area contributed by atoms with Gasteiger partial charge in [-0.25, -0.2) is 15.0 Å². The molecule has 56 heavy (non-hydrogen) atoms. The third-order valence-corrected chi connectivity index (χ3v) is 11.1.